The van der Waals surface area contributed by atoms with E-state index in [-0.39, 0.29) is 13.2 Å². The molecular weight excluding hydrogens is 228 g/mol. The normalized spacial score (nSPS) is 10.4. The second-order valence-corrected chi connectivity index (χ2v) is 4.07. The van der Waals surface area contributed by atoms with Crippen molar-refractivity contribution in [2.24, 2.45) is 0 Å². The lowest BCUT2D eigenvalue weighted by Crippen LogP contribution is -2.02. The lowest BCUT2D eigenvalue weighted by Gasteiger charge is -2.08. The fourth-order valence-corrected chi connectivity index (χ4v) is 1.70. The molecule has 0 saturated carbocycles. The largest absolute Gasteiger partial charge is 0.491 e. The predicted molar refractivity (Wildman–Crippen MR) is 69.5 cm³/mol. The van der Waals surface area contributed by atoms with Crippen molar-refractivity contribution in [1.82, 2.24) is 9.97 Å². The summed E-state index contributed by atoms with van der Waals surface area (Å²) in [6.45, 7) is 4.14. The molecule has 2 aromatic heterocycles. The molecule has 0 saturated heterocycles. The van der Waals surface area contributed by atoms with Gasteiger partial charge in [-0.2, -0.15) is 0 Å². The molecule has 0 aliphatic carbocycles. The highest BCUT2D eigenvalue weighted by Crippen LogP contribution is 2.21. The number of aromatic nitrogens is 2. The van der Waals surface area contributed by atoms with Crippen molar-refractivity contribution in [3.63, 3.8) is 0 Å². The Balaban J connectivity index is 2.35. The fourth-order valence-electron chi connectivity index (χ4n) is 1.70. The van der Waals surface area contributed by atoms with E-state index in [1.54, 1.807) is 0 Å². The molecule has 0 aromatic carbocycles. The Labute approximate surface area is 106 Å². The predicted octanol–water partition coefficient (Wildman–Crippen LogP) is 2.13. The minimum absolute atomic E-state index is 0.000596. The van der Waals surface area contributed by atoms with Gasteiger partial charge < -0.3 is 9.84 Å². The van der Waals surface area contributed by atoms with Crippen molar-refractivity contribution in [3.8, 4) is 17.1 Å². The quantitative estimate of drug-likeness (QED) is 0.895. The van der Waals surface area contributed by atoms with Crippen LogP contribution >= 0.6 is 0 Å². The molecule has 4 heteroatoms. The summed E-state index contributed by atoms with van der Waals surface area (Å²) in [4.78, 5) is 8.89. The smallest absolute Gasteiger partial charge is 0.123 e. The van der Waals surface area contributed by atoms with Crippen LogP contribution in [0.3, 0.4) is 0 Å². The molecule has 2 rings (SSSR count). The molecule has 2 aromatic rings. The Morgan fingerprint density at radius 2 is 1.83 bits per heavy atom. The molecule has 0 bridgehead atoms. The van der Waals surface area contributed by atoms with Gasteiger partial charge in [0.2, 0.25) is 0 Å². The van der Waals surface area contributed by atoms with Gasteiger partial charge >= 0.3 is 0 Å². The molecule has 0 aliphatic rings. The number of aliphatic hydroxyl groups excluding tert-OH is 1. The third-order valence-corrected chi connectivity index (χ3v) is 2.44. The molecular formula is C14H16N2O2. The molecule has 0 fully saturated rings. The van der Waals surface area contributed by atoms with Gasteiger partial charge in [0.05, 0.1) is 18.0 Å². The number of aryl methyl sites for hydroxylation is 2. The average molecular weight is 244 g/mol. The van der Waals surface area contributed by atoms with Crippen molar-refractivity contribution in [1.29, 1.82) is 0 Å². The third kappa shape index (κ3) is 3.05. The lowest BCUT2D eigenvalue weighted by atomic mass is 10.2. The first-order valence-corrected chi connectivity index (χ1v) is 5.85. The first-order chi connectivity index (χ1) is 8.69. The van der Waals surface area contributed by atoms with Crippen molar-refractivity contribution >= 4 is 0 Å². The van der Waals surface area contributed by atoms with Crippen LogP contribution in [0.1, 0.15) is 11.4 Å². The van der Waals surface area contributed by atoms with Crippen LogP contribution in [0.4, 0.5) is 0 Å². The standard InChI is InChI=1S/C14H16N2O2/c1-10-4-3-5-13(15-10)14-9-12(18-7-6-17)8-11(2)16-14/h3-5,8-9,17H,6-7H2,1-2H3. The Morgan fingerprint density at radius 3 is 2.56 bits per heavy atom. The number of hydrogen-bond acceptors (Lipinski definition) is 4. The molecule has 94 valence electrons. The van der Waals surface area contributed by atoms with E-state index in [2.05, 4.69) is 9.97 Å². The van der Waals surface area contributed by atoms with Gasteiger partial charge in [0.25, 0.3) is 0 Å². The number of pyridine rings is 2. The van der Waals surface area contributed by atoms with Gasteiger partial charge in [0.1, 0.15) is 12.4 Å². The molecule has 18 heavy (non-hydrogen) atoms. The molecule has 1 N–H and O–H groups in total. The fraction of sp³-hybridized carbons (Fsp3) is 0.286. The molecule has 0 spiro atoms. The molecule has 2 heterocycles. The van der Waals surface area contributed by atoms with Crippen LogP contribution < -0.4 is 4.74 Å². The summed E-state index contributed by atoms with van der Waals surface area (Å²) in [5.74, 6) is 0.704. The van der Waals surface area contributed by atoms with E-state index in [1.165, 1.54) is 0 Å². The Hall–Kier alpha value is -1.94. The summed E-state index contributed by atoms with van der Waals surface area (Å²) >= 11 is 0. The van der Waals surface area contributed by atoms with Gasteiger partial charge in [-0.3, -0.25) is 9.97 Å². The number of aliphatic hydroxyl groups is 1. The van der Waals surface area contributed by atoms with Crippen molar-refractivity contribution < 1.29 is 9.84 Å². The second-order valence-electron chi connectivity index (χ2n) is 4.07. The van der Waals surface area contributed by atoms with Gasteiger partial charge in [0.15, 0.2) is 0 Å². The van der Waals surface area contributed by atoms with Gasteiger partial charge in [-0.25, -0.2) is 0 Å². The van der Waals surface area contributed by atoms with Crippen molar-refractivity contribution in [3.05, 3.63) is 41.7 Å². The highest BCUT2D eigenvalue weighted by molar-refractivity contribution is 5.56. The Morgan fingerprint density at radius 1 is 1.06 bits per heavy atom. The minimum Gasteiger partial charge on any atom is -0.491 e. The summed E-state index contributed by atoms with van der Waals surface area (Å²) in [5.41, 5.74) is 3.43. The van der Waals surface area contributed by atoms with Gasteiger partial charge in [-0.05, 0) is 26.0 Å². The van der Waals surface area contributed by atoms with Crippen LogP contribution in [0.2, 0.25) is 0 Å². The van der Waals surface area contributed by atoms with Crippen LogP contribution in [0.5, 0.6) is 5.75 Å². The highest BCUT2D eigenvalue weighted by Gasteiger charge is 2.05. The molecule has 0 aliphatic heterocycles. The number of nitrogens with zero attached hydrogens (tertiary/aromatic N) is 2. The topological polar surface area (TPSA) is 55.2 Å². The third-order valence-electron chi connectivity index (χ3n) is 2.44. The monoisotopic (exact) mass is 244 g/mol. The van der Waals surface area contributed by atoms with E-state index >= 15 is 0 Å². The van der Waals surface area contributed by atoms with Crippen LogP contribution in [-0.2, 0) is 0 Å². The summed E-state index contributed by atoms with van der Waals surface area (Å²) in [6, 6.07) is 9.50. The second kappa shape index (κ2) is 5.60. The van der Waals surface area contributed by atoms with E-state index in [4.69, 9.17) is 9.84 Å². The highest BCUT2D eigenvalue weighted by atomic mass is 16.5. The first kappa shape index (κ1) is 12.5. The molecule has 4 nitrogen and oxygen atoms in total. The van der Waals surface area contributed by atoms with E-state index in [1.807, 2.05) is 44.2 Å². The zero-order valence-electron chi connectivity index (χ0n) is 10.6. The van der Waals surface area contributed by atoms with Gasteiger partial charge in [-0.15, -0.1) is 0 Å². The first-order valence-electron chi connectivity index (χ1n) is 5.85. The molecule has 0 unspecified atom stereocenters. The zero-order valence-corrected chi connectivity index (χ0v) is 10.6. The average Bonchev–Trinajstić information content (AvgIpc) is 2.36. The summed E-state index contributed by atoms with van der Waals surface area (Å²) in [6.07, 6.45) is 0. The molecule has 0 amide bonds. The zero-order chi connectivity index (χ0) is 13.0. The van der Waals surface area contributed by atoms with Crippen LogP contribution in [0.25, 0.3) is 11.4 Å². The summed E-state index contributed by atoms with van der Waals surface area (Å²) in [5, 5.41) is 8.77. The maximum atomic E-state index is 8.77. The van der Waals surface area contributed by atoms with Crippen molar-refractivity contribution in [2.75, 3.05) is 13.2 Å². The number of rotatable bonds is 4. The van der Waals surface area contributed by atoms with Crippen LogP contribution in [-0.4, -0.2) is 28.3 Å². The molecule has 0 radical (unpaired) electrons. The minimum atomic E-state index is -0.000596. The molecule has 0 atom stereocenters. The van der Waals surface area contributed by atoms with E-state index in [0.717, 1.165) is 22.8 Å². The van der Waals surface area contributed by atoms with Crippen molar-refractivity contribution in [2.45, 2.75) is 13.8 Å². The van der Waals surface area contributed by atoms with E-state index in [0.29, 0.717) is 5.75 Å². The SMILES string of the molecule is Cc1cccc(-c2cc(OCCO)cc(C)n2)n1. The lowest BCUT2D eigenvalue weighted by molar-refractivity contribution is 0.201. The maximum absolute atomic E-state index is 8.77. The summed E-state index contributed by atoms with van der Waals surface area (Å²) < 4.78 is 5.41. The number of ether oxygens (including phenoxy) is 1. The van der Waals surface area contributed by atoms with Crippen LogP contribution in [0.15, 0.2) is 30.3 Å². The number of hydrogen-bond donors (Lipinski definition) is 1. The Bertz CT molecular complexity index is 541. The maximum Gasteiger partial charge on any atom is 0.123 e. The van der Waals surface area contributed by atoms with Gasteiger partial charge in [-0.1, -0.05) is 6.07 Å². The Kier molecular flexibility index (Phi) is 3.89. The van der Waals surface area contributed by atoms with Crippen LogP contribution in [0, 0.1) is 13.8 Å². The van der Waals surface area contributed by atoms with E-state index < -0.39 is 0 Å². The van der Waals surface area contributed by atoms with Gasteiger partial charge in [0, 0.05) is 23.5 Å². The van der Waals surface area contributed by atoms with E-state index in [9.17, 15) is 0 Å². The summed E-state index contributed by atoms with van der Waals surface area (Å²) in [7, 11) is 0.